The number of nitrogens with zero attached hydrogens (tertiary/aromatic N) is 1. The van der Waals surface area contributed by atoms with E-state index in [-0.39, 0.29) is 26.1 Å². The fourth-order valence-corrected chi connectivity index (χ4v) is 8.85. The van der Waals surface area contributed by atoms with Gasteiger partial charge in [0.05, 0.1) is 27.7 Å². The zero-order chi connectivity index (χ0) is 62.6. The van der Waals surface area contributed by atoms with Gasteiger partial charge in [0, 0.05) is 12.8 Å². The van der Waals surface area contributed by atoms with Gasteiger partial charge in [-0.3, -0.25) is 18.6 Å². The van der Waals surface area contributed by atoms with Crippen molar-refractivity contribution in [1.82, 2.24) is 0 Å². The molecule has 0 aliphatic carbocycles. The van der Waals surface area contributed by atoms with Crippen LogP contribution < -0.4 is 0 Å². The number of carbonyl (C=O) groups is 2. The van der Waals surface area contributed by atoms with Gasteiger partial charge in [-0.05, 0) is 141 Å². The van der Waals surface area contributed by atoms with Crippen LogP contribution in [0.1, 0.15) is 219 Å². The van der Waals surface area contributed by atoms with E-state index in [0.29, 0.717) is 23.9 Å². The van der Waals surface area contributed by atoms with Crippen LogP contribution in [0.4, 0.5) is 0 Å². The molecular weight excluding hydrogens is 1090 g/mol. The summed E-state index contributed by atoms with van der Waals surface area (Å²) < 4.78 is 34.6. The van der Waals surface area contributed by atoms with Gasteiger partial charge in [-0.2, -0.15) is 0 Å². The molecule has 0 radical (unpaired) electrons. The molecule has 10 heteroatoms. The number of phosphoric ester groups is 1. The average Bonchev–Trinajstić information content (AvgIpc) is 3.56. The van der Waals surface area contributed by atoms with Gasteiger partial charge in [0.1, 0.15) is 19.8 Å². The average molecular weight is 1210 g/mol. The minimum absolute atomic E-state index is 0.0122. The number of carbonyl (C=O) groups excluding carboxylic acids is 2. The summed E-state index contributed by atoms with van der Waals surface area (Å²) in [6.07, 6.45) is 101. The SMILES string of the molecule is CC/C=C\C/C=C\C/C=C\C/C=C\C/C=C\C/C=C\C/C=C\C/C=C\CCCCCCCCCCCCC(=O)OC(COC(=O)CCCC/C=C\C/C=C\C/C=C\C/C=C\C/C=C\C/C=C\C/C=C\C/C=C\CC)COP(=O)(O)OCC[N+](C)(C)C. The summed E-state index contributed by atoms with van der Waals surface area (Å²) in [5.74, 6) is -0.870. The molecule has 0 bridgehead atoms. The van der Waals surface area contributed by atoms with Crippen LogP contribution in [0.15, 0.2) is 194 Å². The van der Waals surface area contributed by atoms with Crippen molar-refractivity contribution in [2.24, 2.45) is 0 Å². The second-order valence-corrected chi connectivity index (χ2v) is 23.8. The molecule has 9 nitrogen and oxygen atoms in total. The first-order valence-electron chi connectivity index (χ1n) is 33.2. The molecule has 0 aliphatic heterocycles. The summed E-state index contributed by atoms with van der Waals surface area (Å²) in [5.41, 5.74) is 0. The standard InChI is InChI=1S/C76H120NO8P/c1-6-8-10-12-14-16-18-20-22-24-26-28-30-32-34-35-36-37-38-39-40-41-43-45-47-49-51-53-55-57-59-61-63-65-67-69-76(79)85-74(73-84-86(80,81)83-71-70-77(3,4)5)72-82-75(78)68-66-64-62-60-58-56-54-52-50-48-46-44-42-33-31-29-27-25-23-21-19-17-15-13-11-9-7-2/h8-11,14-17,20-23,26-29,32-34,36-37,39-40,42-43,45-46,48,52,54,58,60,74H,6-7,12-13,18-19,24-25,30-31,35,38,41,44,47,49-51,53,55-57,59,61-73H2,1-5H3/p+1/b10-8-,11-9-,16-14-,17-15-,22-20-,23-21-,28-26-,29-27-,34-32-,37-36-,40-39-,42-33-,45-43-,48-46-,54-52-,60-58-. The van der Waals surface area contributed by atoms with Gasteiger partial charge in [0.25, 0.3) is 0 Å². The van der Waals surface area contributed by atoms with Crippen molar-refractivity contribution in [3.05, 3.63) is 194 Å². The molecule has 0 fully saturated rings. The predicted molar refractivity (Wildman–Crippen MR) is 371 cm³/mol. The molecule has 1 N–H and O–H groups in total. The van der Waals surface area contributed by atoms with Gasteiger partial charge in [0.2, 0.25) is 0 Å². The Morgan fingerprint density at radius 3 is 0.953 bits per heavy atom. The van der Waals surface area contributed by atoms with Gasteiger partial charge in [0.15, 0.2) is 6.10 Å². The van der Waals surface area contributed by atoms with Crippen LogP contribution in [0.25, 0.3) is 0 Å². The number of ether oxygens (including phenoxy) is 2. The Kier molecular flexibility index (Phi) is 60.5. The third-order valence-corrected chi connectivity index (χ3v) is 14.1. The lowest BCUT2D eigenvalue weighted by atomic mass is 10.0. The number of hydrogen-bond acceptors (Lipinski definition) is 7. The summed E-state index contributed by atoms with van der Waals surface area (Å²) in [6.45, 7) is 4.12. The first-order chi connectivity index (χ1) is 42.0. The molecule has 86 heavy (non-hydrogen) atoms. The van der Waals surface area contributed by atoms with E-state index in [2.05, 4.69) is 208 Å². The van der Waals surface area contributed by atoms with Crippen LogP contribution in [0.3, 0.4) is 0 Å². The Morgan fingerprint density at radius 2 is 0.628 bits per heavy atom. The Hall–Kier alpha value is -5.15. The van der Waals surface area contributed by atoms with Gasteiger partial charge < -0.3 is 18.9 Å². The molecule has 0 aromatic carbocycles. The number of rotatable bonds is 58. The van der Waals surface area contributed by atoms with Gasteiger partial charge >= 0.3 is 19.8 Å². The van der Waals surface area contributed by atoms with Crippen molar-refractivity contribution in [3.63, 3.8) is 0 Å². The fourth-order valence-electron chi connectivity index (χ4n) is 8.10. The quantitative estimate of drug-likeness (QED) is 0.0211. The Bertz CT molecular complexity index is 2150. The number of unbranched alkanes of at least 4 members (excludes halogenated alkanes) is 12. The summed E-state index contributed by atoms with van der Waals surface area (Å²) in [6, 6.07) is 0. The van der Waals surface area contributed by atoms with E-state index < -0.39 is 32.5 Å². The highest BCUT2D eigenvalue weighted by Gasteiger charge is 2.27. The van der Waals surface area contributed by atoms with Crippen LogP contribution >= 0.6 is 7.82 Å². The zero-order valence-electron chi connectivity index (χ0n) is 54.7. The summed E-state index contributed by atoms with van der Waals surface area (Å²) in [7, 11) is 1.42. The third-order valence-electron chi connectivity index (χ3n) is 13.1. The van der Waals surface area contributed by atoms with Crippen molar-refractivity contribution >= 4 is 19.8 Å². The molecule has 0 heterocycles. The lowest BCUT2D eigenvalue weighted by Crippen LogP contribution is -2.37. The van der Waals surface area contributed by atoms with Crippen LogP contribution in [0.5, 0.6) is 0 Å². The summed E-state index contributed by atoms with van der Waals surface area (Å²) in [5, 5.41) is 0. The Balaban J connectivity index is 4.24. The highest BCUT2D eigenvalue weighted by molar-refractivity contribution is 7.47. The van der Waals surface area contributed by atoms with Gasteiger partial charge in [-0.15, -0.1) is 0 Å². The van der Waals surface area contributed by atoms with E-state index in [1.807, 2.05) is 21.1 Å². The molecule has 0 rings (SSSR count). The predicted octanol–water partition coefficient (Wildman–Crippen LogP) is 21.7. The fraction of sp³-hybridized carbons (Fsp3) is 0.553. The summed E-state index contributed by atoms with van der Waals surface area (Å²) >= 11 is 0. The third kappa shape index (κ3) is 68.0. The van der Waals surface area contributed by atoms with Crippen LogP contribution in [0.2, 0.25) is 0 Å². The van der Waals surface area contributed by atoms with Crippen LogP contribution in [-0.2, 0) is 32.7 Å². The number of quaternary nitrogens is 1. The number of likely N-dealkylation sites (N-methyl/N-ethyl adjacent to an activating group) is 1. The molecule has 2 unspecified atom stereocenters. The smallest absolute Gasteiger partial charge is 0.462 e. The second-order valence-electron chi connectivity index (χ2n) is 22.4. The maximum Gasteiger partial charge on any atom is 0.472 e. The largest absolute Gasteiger partial charge is 0.472 e. The van der Waals surface area contributed by atoms with E-state index in [9.17, 15) is 19.0 Å². The number of esters is 2. The van der Waals surface area contributed by atoms with Crippen molar-refractivity contribution in [2.75, 3.05) is 47.5 Å². The minimum atomic E-state index is -4.42. The highest BCUT2D eigenvalue weighted by Crippen LogP contribution is 2.43. The molecule has 2 atom stereocenters. The van der Waals surface area contributed by atoms with E-state index in [1.54, 1.807) is 0 Å². The molecule has 0 aliphatic rings. The van der Waals surface area contributed by atoms with Crippen molar-refractivity contribution in [1.29, 1.82) is 0 Å². The second kappa shape index (κ2) is 64.3. The first kappa shape index (κ1) is 80.8. The van der Waals surface area contributed by atoms with E-state index in [0.717, 1.165) is 141 Å². The monoisotopic (exact) mass is 1210 g/mol. The van der Waals surface area contributed by atoms with E-state index in [4.69, 9.17) is 18.5 Å². The molecule has 0 saturated heterocycles. The molecule has 0 amide bonds. The van der Waals surface area contributed by atoms with Crippen LogP contribution in [0, 0.1) is 0 Å². The number of phosphoric acid groups is 1. The molecular formula is C76H121NO8P+. The molecule has 0 saturated carbocycles. The van der Waals surface area contributed by atoms with Crippen molar-refractivity contribution in [3.8, 4) is 0 Å². The van der Waals surface area contributed by atoms with Crippen molar-refractivity contribution in [2.45, 2.75) is 225 Å². The van der Waals surface area contributed by atoms with Gasteiger partial charge in [-0.25, -0.2) is 4.57 Å². The maximum atomic E-state index is 12.9. The topological polar surface area (TPSA) is 108 Å². The minimum Gasteiger partial charge on any atom is -0.462 e. The van der Waals surface area contributed by atoms with E-state index >= 15 is 0 Å². The number of allylic oxidation sites excluding steroid dienone is 32. The zero-order valence-corrected chi connectivity index (χ0v) is 55.6. The van der Waals surface area contributed by atoms with E-state index in [1.165, 1.54) is 38.5 Å². The van der Waals surface area contributed by atoms with Gasteiger partial charge in [-0.1, -0.05) is 260 Å². The highest BCUT2D eigenvalue weighted by atomic mass is 31.2. The molecule has 482 valence electrons. The first-order valence-corrected chi connectivity index (χ1v) is 34.7. The lowest BCUT2D eigenvalue weighted by molar-refractivity contribution is -0.870. The Morgan fingerprint density at radius 1 is 0.360 bits per heavy atom. The normalized spacial score (nSPS) is 14.4. The van der Waals surface area contributed by atoms with Crippen molar-refractivity contribution < 1.29 is 42.1 Å². The molecule has 0 aromatic rings. The Labute approximate surface area is 526 Å². The molecule has 0 aromatic heterocycles. The lowest BCUT2D eigenvalue weighted by Gasteiger charge is -2.24. The summed E-state index contributed by atoms with van der Waals surface area (Å²) in [4.78, 5) is 35.8. The van der Waals surface area contributed by atoms with Crippen LogP contribution in [-0.4, -0.2) is 74.9 Å². The molecule has 0 spiro atoms. The number of hydrogen-bond donors (Lipinski definition) is 1. The maximum absolute atomic E-state index is 12.9.